The molecule has 0 bridgehead atoms. The molecule has 7 nitrogen and oxygen atoms in total. The van der Waals surface area contributed by atoms with Crippen molar-refractivity contribution in [2.75, 3.05) is 44.9 Å². The molecule has 29 heavy (non-hydrogen) atoms. The van der Waals surface area contributed by atoms with Crippen LogP contribution in [0.25, 0.3) is 0 Å². The van der Waals surface area contributed by atoms with E-state index in [1.54, 1.807) is 41.3 Å². The fourth-order valence-corrected chi connectivity index (χ4v) is 5.31. The maximum atomic E-state index is 13.1. The molecular formula is C20H21ClN2O5S. The normalized spacial score (nSPS) is 17.2. The second-order valence-corrected chi connectivity index (χ2v) is 9.23. The highest BCUT2D eigenvalue weighted by Crippen LogP contribution is 2.34. The number of rotatable bonds is 4. The Hall–Kier alpha value is -2.13. The number of sulfonamides is 1. The number of benzene rings is 2. The Bertz CT molecular complexity index is 1050. The van der Waals surface area contributed by atoms with Crippen LogP contribution in [-0.2, 0) is 21.2 Å². The van der Waals surface area contributed by atoms with Crippen LogP contribution in [0.3, 0.4) is 0 Å². The van der Waals surface area contributed by atoms with E-state index in [9.17, 15) is 13.2 Å². The lowest BCUT2D eigenvalue weighted by Gasteiger charge is -2.26. The van der Waals surface area contributed by atoms with E-state index in [-0.39, 0.29) is 10.8 Å². The van der Waals surface area contributed by atoms with Gasteiger partial charge in [0.1, 0.15) is 5.75 Å². The number of carbonyl (C=O) groups is 1. The first kappa shape index (κ1) is 20.2. The topological polar surface area (TPSA) is 76.2 Å². The van der Waals surface area contributed by atoms with Crippen molar-refractivity contribution in [2.45, 2.75) is 11.3 Å². The van der Waals surface area contributed by atoms with Gasteiger partial charge in [-0.05, 0) is 48.4 Å². The molecular weight excluding hydrogens is 416 g/mol. The van der Waals surface area contributed by atoms with E-state index in [2.05, 4.69) is 0 Å². The van der Waals surface area contributed by atoms with Gasteiger partial charge in [0.15, 0.2) is 0 Å². The number of hydrogen-bond acceptors (Lipinski definition) is 5. The predicted octanol–water partition coefficient (Wildman–Crippen LogP) is 2.57. The molecule has 2 aromatic rings. The molecule has 9 heteroatoms. The van der Waals surface area contributed by atoms with Crippen molar-refractivity contribution < 1.29 is 22.7 Å². The van der Waals surface area contributed by atoms with Crippen LogP contribution in [0.5, 0.6) is 5.75 Å². The summed E-state index contributed by atoms with van der Waals surface area (Å²) in [6.45, 7) is 1.95. The third kappa shape index (κ3) is 3.73. The van der Waals surface area contributed by atoms with Crippen LogP contribution in [0.15, 0.2) is 41.3 Å². The molecule has 0 atom stereocenters. The van der Waals surface area contributed by atoms with Gasteiger partial charge in [0.25, 0.3) is 5.91 Å². The molecule has 2 heterocycles. The molecule has 154 valence electrons. The number of fused-ring (bicyclic) bond motifs is 1. The molecule has 1 amide bonds. The first-order chi connectivity index (χ1) is 13.9. The largest absolute Gasteiger partial charge is 0.496 e. The standard InChI is InChI=1S/C20H21ClN2O5S/c1-27-19-5-2-15(21)13-17(19)20(24)23-7-6-14-12-16(3-4-18(14)23)29(25,26)22-8-10-28-11-9-22/h2-5,12-13H,6-11H2,1H3. The Balaban J connectivity index is 1.64. The van der Waals surface area contributed by atoms with Crippen molar-refractivity contribution in [1.82, 2.24) is 4.31 Å². The highest BCUT2D eigenvalue weighted by atomic mass is 35.5. The van der Waals surface area contributed by atoms with E-state index in [0.717, 1.165) is 5.56 Å². The fraction of sp³-hybridized carbons (Fsp3) is 0.350. The molecule has 1 saturated heterocycles. The van der Waals surface area contributed by atoms with Gasteiger partial charge in [-0.3, -0.25) is 4.79 Å². The second-order valence-electron chi connectivity index (χ2n) is 6.86. The van der Waals surface area contributed by atoms with Gasteiger partial charge in [0, 0.05) is 30.3 Å². The summed E-state index contributed by atoms with van der Waals surface area (Å²) in [7, 11) is -2.08. The van der Waals surface area contributed by atoms with Crippen molar-refractivity contribution in [3.8, 4) is 5.75 Å². The Kier molecular flexibility index (Phi) is 5.52. The quantitative estimate of drug-likeness (QED) is 0.736. The van der Waals surface area contributed by atoms with Gasteiger partial charge < -0.3 is 14.4 Å². The number of anilines is 1. The first-order valence-corrected chi connectivity index (χ1v) is 11.1. The zero-order chi connectivity index (χ0) is 20.6. The highest BCUT2D eigenvalue weighted by molar-refractivity contribution is 7.89. The molecule has 0 aliphatic carbocycles. The highest BCUT2D eigenvalue weighted by Gasteiger charge is 2.31. The van der Waals surface area contributed by atoms with E-state index < -0.39 is 10.0 Å². The summed E-state index contributed by atoms with van der Waals surface area (Å²) in [5.74, 6) is 0.214. The summed E-state index contributed by atoms with van der Waals surface area (Å²) in [6, 6.07) is 9.83. The number of ether oxygens (including phenoxy) is 2. The minimum absolute atomic E-state index is 0.230. The van der Waals surface area contributed by atoms with Crippen LogP contribution in [0.1, 0.15) is 15.9 Å². The van der Waals surface area contributed by atoms with Gasteiger partial charge in [-0.25, -0.2) is 8.42 Å². The fourth-order valence-electron chi connectivity index (χ4n) is 3.68. The Morgan fingerprint density at radius 3 is 2.59 bits per heavy atom. The Morgan fingerprint density at radius 1 is 1.10 bits per heavy atom. The lowest BCUT2D eigenvalue weighted by molar-refractivity contribution is 0.0730. The number of morpholine rings is 1. The molecule has 2 aliphatic heterocycles. The molecule has 0 unspecified atom stereocenters. The minimum Gasteiger partial charge on any atom is -0.496 e. The molecule has 0 N–H and O–H groups in total. The summed E-state index contributed by atoms with van der Waals surface area (Å²) in [6.07, 6.45) is 0.580. The maximum Gasteiger partial charge on any atom is 0.262 e. The molecule has 0 spiro atoms. The third-order valence-corrected chi connectivity index (χ3v) is 7.32. The number of carbonyl (C=O) groups excluding carboxylic acids is 1. The molecule has 0 radical (unpaired) electrons. The van der Waals surface area contributed by atoms with E-state index >= 15 is 0 Å². The molecule has 2 aliphatic rings. The van der Waals surface area contributed by atoms with Crippen LogP contribution < -0.4 is 9.64 Å². The lowest BCUT2D eigenvalue weighted by atomic mass is 10.1. The van der Waals surface area contributed by atoms with Crippen LogP contribution >= 0.6 is 11.6 Å². The van der Waals surface area contributed by atoms with Gasteiger partial charge in [-0.1, -0.05) is 11.6 Å². The lowest BCUT2D eigenvalue weighted by Crippen LogP contribution is -2.40. The van der Waals surface area contributed by atoms with E-state index in [1.807, 2.05) is 0 Å². The van der Waals surface area contributed by atoms with Crippen molar-refractivity contribution in [1.29, 1.82) is 0 Å². The third-order valence-electron chi connectivity index (χ3n) is 5.19. The van der Waals surface area contributed by atoms with Crippen molar-refractivity contribution >= 4 is 33.2 Å². The molecule has 1 fully saturated rings. The number of methoxy groups -OCH3 is 1. The predicted molar refractivity (Wildman–Crippen MR) is 109 cm³/mol. The van der Waals surface area contributed by atoms with Crippen molar-refractivity contribution in [3.05, 3.63) is 52.5 Å². The number of hydrogen-bond donors (Lipinski definition) is 0. The van der Waals surface area contributed by atoms with E-state index in [4.69, 9.17) is 21.1 Å². The van der Waals surface area contributed by atoms with Crippen LogP contribution in [0.4, 0.5) is 5.69 Å². The number of nitrogens with zero attached hydrogens (tertiary/aromatic N) is 2. The summed E-state index contributed by atoms with van der Waals surface area (Å²) < 4.78 is 37.8. The Morgan fingerprint density at radius 2 is 1.86 bits per heavy atom. The van der Waals surface area contributed by atoms with Gasteiger partial charge >= 0.3 is 0 Å². The zero-order valence-electron chi connectivity index (χ0n) is 15.9. The SMILES string of the molecule is COc1ccc(Cl)cc1C(=O)N1CCc2cc(S(=O)(=O)N3CCOCC3)ccc21. The van der Waals surface area contributed by atoms with Gasteiger partial charge in [0.2, 0.25) is 10.0 Å². The zero-order valence-corrected chi connectivity index (χ0v) is 17.5. The van der Waals surface area contributed by atoms with Gasteiger partial charge in [0.05, 0.1) is 30.8 Å². The van der Waals surface area contributed by atoms with Crippen LogP contribution in [0.2, 0.25) is 5.02 Å². The van der Waals surface area contributed by atoms with Gasteiger partial charge in [-0.2, -0.15) is 4.31 Å². The van der Waals surface area contributed by atoms with Crippen LogP contribution in [-0.4, -0.2) is 58.6 Å². The second kappa shape index (κ2) is 7.95. The summed E-state index contributed by atoms with van der Waals surface area (Å²) in [5.41, 5.74) is 1.91. The average Bonchev–Trinajstić information content (AvgIpc) is 3.17. The van der Waals surface area contributed by atoms with Gasteiger partial charge in [-0.15, -0.1) is 0 Å². The minimum atomic E-state index is -3.58. The molecule has 4 rings (SSSR count). The smallest absolute Gasteiger partial charge is 0.262 e. The molecule has 2 aromatic carbocycles. The average molecular weight is 437 g/mol. The van der Waals surface area contributed by atoms with Crippen molar-refractivity contribution in [3.63, 3.8) is 0 Å². The maximum absolute atomic E-state index is 13.1. The summed E-state index contributed by atoms with van der Waals surface area (Å²) >= 11 is 6.06. The van der Waals surface area contributed by atoms with E-state index in [1.165, 1.54) is 11.4 Å². The summed E-state index contributed by atoms with van der Waals surface area (Å²) in [5, 5.41) is 0.445. The van der Waals surface area contributed by atoms with E-state index in [0.29, 0.717) is 61.3 Å². The number of halogens is 1. The number of amides is 1. The summed E-state index contributed by atoms with van der Waals surface area (Å²) in [4.78, 5) is 15.0. The molecule has 0 aromatic heterocycles. The Labute approximate surface area is 174 Å². The van der Waals surface area contributed by atoms with Crippen molar-refractivity contribution in [2.24, 2.45) is 0 Å². The first-order valence-electron chi connectivity index (χ1n) is 9.28. The van der Waals surface area contributed by atoms with Crippen LogP contribution in [0, 0.1) is 0 Å². The monoisotopic (exact) mass is 436 g/mol. The molecule has 0 saturated carbocycles.